The number of ether oxygens (including phenoxy) is 2. The summed E-state index contributed by atoms with van der Waals surface area (Å²) in [6, 6.07) is 0. The largest absolute Gasteiger partial charge is 0.613 e. The summed E-state index contributed by atoms with van der Waals surface area (Å²) < 4.78 is 9.83. The zero-order valence-electron chi connectivity index (χ0n) is 7.87. The van der Waals surface area contributed by atoms with Gasteiger partial charge in [0.1, 0.15) is 0 Å². The Labute approximate surface area is 78.0 Å². The van der Waals surface area contributed by atoms with Crippen LogP contribution in [0.15, 0.2) is 35.3 Å². The highest BCUT2D eigenvalue weighted by Gasteiger charge is 2.07. The molecule has 0 radical (unpaired) electrons. The molecule has 0 saturated carbocycles. The first-order valence-electron chi connectivity index (χ1n) is 4.20. The van der Waals surface area contributed by atoms with Crippen molar-refractivity contribution in [3.63, 3.8) is 0 Å². The van der Waals surface area contributed by atoms with Crippen molar-refractivity contribution in [2.75, 3.05) is 20.3 Å². The van der Waals surface area contributed by atoms with Crippen LogP contribution >= 0.6 is 0 Å². The molecule has 0 aromatic carbocycles. The molecule has 0 saturated heterocycles. The van der Waals surface area contributed by atoms with Gasteiger partial charge in [0.2, 0.25) is 0 Å². The van der Waals surface area contributed by atoms with Crippen molar-refractivity contribution in [3.8, 4) is 0 Å². The molecule has 1 aliphatic rings. The van der Waals surface area contributed by atoms with Gasteiger partial charge in [-0.3, -0.25) is 0 Å². The van der Waals surface area contributed by atoms with Crippen molar-refractivity contribution >= 4 is 0 Å². The van der Waals surface area contributed by atoms with E-state index in [0.29, 0.717) is 18.8 Å². The van der Waals surface area contributed by atoms with Gasteiger partial charge in [-0.25, -0.2) is 0 Å². The minimum atomic E-state index is -0.278. The molecule has 0 amide bonds. The normalized spacial score (nSPS) is 18.8. The highest BCUT2D eigenvalue weighted by molar-refractivity contribution is 5.48. The number of hydrogen-bond donors (Lipinski definition) is 0. The van der Waals surface area contributed by atoms with Crippen LogP contribution in [0.1, 0.15) is 6.92 Å². The molecule has 0 atom stereocenters. The molecule has 0 heterocycles. The molecule has 13 heavy (non-hydrogen) atoms. The molecule has 72 valence electrons. The van der Waals surface area contributed by atoms with Crippen molar-refractivity contribution in [1.29, 1.82) is 0 Å². The molecule has 0 aliphatic heterocycles. The fourth-order valence-electron chi connectivity index (χ4n) is 1.15. The molecule has 1 aliphatic carbocycles. The summed E-state index contributed by atoms with van der Waals surface area (Å²) in [4.78, 5) is 0. The summed E-state index contributed by atoms with van der Waals surface area (Å²) in [5, 5.41) is 11.3. The molecule has 0 fully saturated rings. The monoisotopic (exact) mass is 181 g/mol. The third kappa shape index (κ3) is 2.36. The number of rotatable bonds is 4. The first-order chi connectivity index (χ1) is 6.29. The maximum atomic E-state index is 11.3. The predicted molar refractivity (Wildman–Crippen MR) is 47.8 cm³/mol. The third-order valence-corrected chi connectivity index (χ3v) is 1.70. The second-order valence-electron chi connectivity index (χ2n) is 2.62. The fraction of sp³-hybridized carbons (Fsp3) is 0.400. The van der Waals surface area contributed by atoms with Crippen LogP contribution in [0.25, 0.3) is 0 Å². The van der Waals surface area contributed by atoms with Crippen molar-refractivity contribution in [1.82, 2.24) is 0 Å². The zero-order chi connectivity index (χ0) is 9.68. The Balaban J connectivity index is 2.74. The predicted octanol–water partition coefficient (Wildman–Crippen LogP) is 0.737. The molecule has 3 heteroatoms. The number of hydrogen-bond acceptors (Lipinski definition) is 3. The summed E-state index contributed by atoms with van der Waals surface area (Å²) in [5.74, 6) is -0.278. The maximum absolute atomic E-state index is 11.3. The Morgan fingerprint density at radius 2 is 2.31 bits per heavy atom. The van der Waals surface area contributed by atoms with Gasteiger partial charge in [0.25, 0.3) is 0 Å². The molecule has 0 unspecified atom stereocenters. The summed E-state index contributed by atoms with van der Waals surface area (Å²) in [6.07, 6.45) is 5.42. The SMILES string of the molecule is CCOC([O-])=C1C=CC=C1COC. The summed E-state index contributed by atoms with van der Waals surface area (Å²) >= 11 is 0. The van der Waals surface area contributed by atoms with Gasteiger partial charge in [0.05, 0.1) is 12.6 Å². The Morgan fingerprint density at radius 1 is 1.54 bits per heavy atom. The van der Waals surface area contributed by atoms with Crippen LogP contribution in [0.2, 0.25) is 0 Å². The number of methoxy groups -OCH3 is 1. The second-order valence-corrected chi connectivity index (χ2v) is 2.62. The van der Waals surface area contributed by atoms with Crippen molar-refractivity contribution in [3.05, 3.63) is 35.3 Å². The van der Waals surface area contributed by atoms with E-state index >= 15 is 0 Å². The Bertz CT molecular complexity index is 261. The lowest BCUT2D eigenvalue weighted by Gasteiger charge is -2.16. The van der Waals surface area contributed by atoms with Crippen LogP contribution in [-0.2, 0) is 9.47 Å². The van der Waals surface area contributed by atoms with Gasteiger partial charge >= 0.3 is 0 Å². The van der Waals surface area contributed by atoms with E-state index in [1.54, 1.807) is 20.1 Å². The molecule has 3 nitrogen and oxygen atoms in total. The molecule has 1 rings (SSSR count). The highest BCUT2D eigenvalue weighted by atomic mass is 16.6. The topological polar surface area (TPSA) is 41.5 Å². The minimum Gasteiger partial charge on any atom is -0.613 e. The van der Waals surface area contributed by atoms with Crippen LogP contribution in [0.5, 0.6) is 0 Å². The van der Waals surface area contributed by atoms with Crippen LogP contribution < -0.4 is 5.11 Å². The average Bonchev–Trinajstić information content (AvgIpc) is 2.54. The molecule has 0 bridgehead atoms. The molecular formula is C10H13O3-. The quantitative estimate of drug-likeness (QED) is 0.600. The molecule has 0 aromatic heterocycles. The summed E-state index contributed by atoms with van der Waals surface area (Å²) in [6.45, 7) is 2.63. The van der Waals surface area contributed by atoms with E-state index in [1.807, 2.05) is 12.2 Å². The first kappa shape index (κ1) is 9.86. The summed E-state index contributed by atoms with van der Waals surface area (Å²) in [5.41, 5.74) is 1.48. The minimum absolute atomic E-state index is 0.278. The third-order valence-electron chi connectivity index (χ3n) is 1.70. The van der Waals surface area contributed by atoms with Gasteiger partial charge in [0, 0.05) is 12.7 Å². The molecule has 0 N–H and O–H groups in total. The molecule has 0 spiro atoms. The Hall–Kier alpha value is -1.22. The fourth-order valence-corrected chi connectivity index (χ4v) is 1.15. The van der Waals surface area contributed by atoms with Gasteiger partial charge in [0.15, 0.2) is 0 Å². The lowest BCUT2D eigenvalue weighted by molar-refractivity contribution is -0.357. The van der Waals surface area contributed by atoms with E-state index in [1.165, 1.54) is 0 Å². The lowest BCUT2D eigenvalue weighted by Crippen LogP contribution is -2.12. The van der Waals surface area contributed by atoms with Gasteiger partial charge in [-0.2, -0.15) is 0 Å². The highest BCUT2D eigenvalue weighted by Crippen LogP contribution is 2.20. The second kappa shape index (κ2) is 4.72. The van der Waals surface area contributed by atoms with Gasteiger partial charge in [-0.05, 0) is 12.2 Å². The van der Waals surface area contributed by atoms with Gasteiger partial charge in [-0.15, -0.1) is 0 Å². The van der Waals surface area contributed by atoms with Gasteiger partial charge in [-0.1, -0.05) is 25.2 Å². The number of allylic oxidation sites excluding steroid dienone is 3. The Morgan fingerprint density at radius 3 is 2.92 bits per heavy atom. The average molecular weight is 181 g/mol. The van der Waals surface area contributed by atoms with Crippen LogP contribution in [-0.4, -0.2) is 20.3 Å². The molecular weight excluding hydrogens is 168 g/mol. The molecule has 0 aromatic rings. The van der Waals surface area contributed by atoms with Crippen LogP contribution in [0, 0.1) is 0 Å². The van der Waals surface area contributed by atoms with E-state index in [4.69, 9.17) is 9.47 Å². The maximum Gasteiger partial charge on any atom is 0.0719 e. The van der Waals surface area contributed by atoms with Crippen molar-refractivity contribution in [2.24, 2.45) is 0 Å². The van der Waals surface area contributed by atoms with Gasteiger partial charge < -0.3 is 14.6 Å². The van der Waals surface area contributed by atoms with Crippen molar-refractivity contribution in [2.45, 2.75) is 6.92 Å². The first-order valence-corrected chi connectivity index (χ1v) is 4.20. The Kier molecular flexibility index (Phi) is 3.58. The van der Waals surface area contributed by atoms with Crippen LogP contribution in [0.3, 0.4) is 0 Å². The zero-order valence-corrected chi connectivity index (χ0v) is 7.87. The van der Waals surface area contributed by atoms with E-state index in [9.17, 15) is 5.11 Å². The summed E-state index contributed by atoms with van der Waals surface area (Å²) in [7, 11) is 1.60. The van der Waals surface area contributed by atoms with E-state index < -0.39 is 0 Å². The van der Waals surface area contributed by atoms with Crippen LogP contribution in [0.4, 0.5) is 0 Å². The van der Waals surface area contributed by atoms with E-state index in [2.05, 4.69) is 0 Å². The standard InChI is InChI=1S/C10H14O3/c1-3-13-10(11)9-6-4-5-8(9)7-12-2/h4-6,11H,3,7H2,1-2H3/p-1. The lowest BCUT2D eigenvalue weighted by atomic mass is 10.1. The van der Waals surface area contributed by atoms with Crippen molar-refractivity contribution < 1.29 is 14.6 Å². The van der Waals surface area contributed by atoms with E-state index in [-0.39, 0.29) is 5.95 Å². The smallest absolute Gasteiger partial charge is 0.0719 e. The van der Waals surface area contributed by atoms with E-state index in [0.717, 1.165) is 5.57 Å².